The number of imidazole rings is 1. The van der Waals surface area contributed by atoms with Crippen LogP contribution < -0.4 is 0 Å². The molecule has 17 heavy (non-hydrogen) atoms. The molecule has 1 aromatic heterocycles. The predicted octanol–water partition coefficient (Wildman–Crippen LogP) is 1.43. The number of nitrogens with zero attached hydrogens (tertiary/aromatic N) is 3. The first-order chi connectivity index (χ1) is 7.91. The normalized spacial score (nSPS) is 15.6. The van der Waals surface area contributed by atoms with Gasteiger partial charge in [0.05, 0.1) is 6.54 Å². The fourth-order valence-electron chi connectivity index (χ4n) is 1.71. The maximum atomic E-state index is 12.4. The largest absolute Gasteiger partial charge is 0.434 e. The first-order valence-corrected chi connectivity index (χ1v) is 4.96. The van der Waals surface area contributed by atoms with E-state index in [1.165, 1.54) is 9.47 Å². The van der Waals surface area contributed by atoms with E-state index in [1.54, 1.807) is 0 Å². The van der Waals surface area contributed by atoms with Crippen molar-refractivity contribution in [2.24, 2.45) is 0 Å². The van der Waals surface area contributed by atoms with E-state index in [0.717, 1.165) is 12.3 Å². The van der Waals surface area contributed by atoms with Crippen molar-refractivity contribution >= 4 is 5.91 Å². The summed E-state index contributed by atoms with van der Waals surface area (Å²) in [5, 5.41) is 0. The maximum Gasteiger partial charge on any atom is 0.434 e. The lowest BCUT2D eigenvalue weighted by atomic mass is 10.3. The van der Waals surface area contributed by atoms with Gasteiger partial charge in [-0.2, -0.15) is 13.2 Å². The third kappa shape index (κ3) is 2.17. The summed E-state index contributed by atoms with van der Waals surface area (Å²) in [5.74, 6) is -0.0495. The summed E-state index contributed by atoms with van der Waals surface area (Å²) in [6.07, 6.45) is -2.33. The SMILES string of the molecule is C=CC(=O)N1CCn2cc(C(F)(F)F)nc2C1. The molecular weight excluding hydrogens is 235 g/mol. The van der Waals surface area contributed by atoms with E-state index in [9.17, 15) is 18.0 Å². The second kappa shape index (κ2) is 3.90. The number of alkyl halides is 3. The minimum atomic E-state index is -4.45. The number of amides is 1. The Morgan fingerprint density at radius 2 is 2.18 bits per heavy atom. The van der Waals surface area contributed by atoms with Crippen LogP contribution in [0.25, 0.3) is 0 Å². The van der Waals surface area contributed by atoms with E-state index in [0.29, 0.717) is 13.1 Å². The van der Waals surface area contributed by atoms with Crippen LogP contribution in [-0.2, 0) is 24.1 Å². The molecule has 1 aliphatic heterocycles. The molecule has 92 valence electrons. The van der Waals surface area contributed by atoms with Gasteiger partial charge >= 0.3 is 6.18 Å². The van der Waals surface area contributed by atoms with E-state index >= 15 is 0 Å². The lowest BCUT2D eigenvalue weighted by molar-refractivity contribution is -0.141. The summed E-state index contributed by atoms with van der Waals surface area (Å²) in [6, 6.07) is 0. The Balaban J connectivity index is 2.24. The maximum absolute atomic E-state index is 12.4. The number of hydrogen-bond acceptors (Lipinski definition) is 2. The Bertz CT molecular complexity index is 464. The van der Waals surface area contributed by atoms with Crippen molar-refractivity contribution in [3.05, 3.63) is 30.4 Å². The Labute approximate surface area is 95.3 Å². The second-order valence-electron chi connectivity index (χ2n) is 3.70. The van der Waals surface area contributed by atoms with Crippen molar-refractivity contribution in [2.45, 2.75) is 19.3 Å². The number of halogens is 3. The van der Waals surface area contributed by atoms with Gasteiger partial charge in [0.1, 0.15) is 5.82 Å². The summed E-state index contributed by atoms with van der Waals surface area (Å²) in [5.41, 5.74) is -0.916. The van der Waals surface area contributed by atoms with Crippen LogP contribution in [0.2, 0.25) is 0 Å². The number of carbonyl (C=O) groups is 1. The fourth-order valence-corrected chi connectivity index (χ4v) is 1.71. The Morgan fingerprint density at radius 1 is 1.47 bits per heavy atom. The summed E-state index contributed by atoms with van der Waals surface area (Å²) >= 11 is 0. The molecule has 0 aromatic carbocycles. The molecule has 0 saturated heterocycles. The van der Waals surface area contributed by atoms with Crippen LogP contribution in [0.4, 0.5) is 13.2 Å². The van der Waals surface area contributed by atoms with E-state index in [4.69, 9.17) is 0 Å². The second-order valence-corrected chi connectivity index (χ2v) is 3.70. The molecule has 0 radical (unpaired) electrons. The van der Waals surface area contributed by atoms with Crippen LogP contribution in [0.15, 0.2) is 18.9 Å². The number of fused-ring (bicyclic) bond motifs is 1. The van der Waals surface area contributed by atoms with Gasteiger partial charge < -0.3 is 9.47 Å². The zero-order valence-electron chi connectivity index (χ0n) is 8.87. The van der Waals surface area contributed by atoms with Gasteiger partial charge in [0.15, 0.2) is 5.69 Å². The first kappa shape index (κ1) is 11.7. The average molecular weight is 245 g/mol. The van der Waals surface area contributed by atoms with E-state index < -0.39 is 11.9 Å². The summed E-state index contributed by atoms with van der Waals surface area (Å²) < 4.78 is 38.7. The van der Waals surface area contributed by atoms with Crippen LogP contribution in [0.1, 0.15) is 11.5 Å². The minimum Gasteiger partial charge on any atom is -0.331 e. The molecule has 7 heteroatoms. The molecule has 0 saturated carbocycles. The van der Waals surface area contributed by atoms with Crippen molar-refractivity contribution < 1.29 is 18.0 Å². The molecule has 0 fully saturated rings. The molecule has 2 rings (SSSR count). The van der Waals surface area contributed by atoms with Crippen LogP contribution in [0.5, 0.6) is 0 Å². The predicted molar refractivity (Wildman–Crippen MR) is 52.8 cm³/mol. The standard InChI is InChI=1S/C10H10F3N3O/c1-2-9(17)16-4-3-15-5-7(10(11,12)13)14-8(15)6-16/h2,5H,1,3-4,6H2. The summed E-state index contributed by atoms with van der Waals surface area (Å²) in [6.45, 7) is 4.11. The smallest absolute Gasteiger partial charge is 0.331 e. The highest BCUT2D eigenvalue weighted by atomic mass is 19.4. The van der Waals surface area contributed by atoms with Crippen LogP contribution in [0, 0.1) is 0 Å². The molecule has 1 aromatic rings. The lowest BCUT2D eigenvalue weighted by Gasteiger charge is -2.26. The topological polar surface area (TPSA) is 38.1 Å². The third-order valence-electron chi connectivity index (χ3n) is 2.58. The molecule has 0 atom stereocenters. The quantitative estimate of drug-likeness (QED) is 0.702. The summed E-state index contributed by atoms with van der Waals surface area (Å²) in [7, 11) is 0. The number of rotatable bonds is 1. The Hall–Kier alpha value is -1.79. The number of aromatic nitrogens is 2. The van der Waals surface area contributed by atoms with Gasteiger partial charge in [-0.1, -0.05) is 6.58 Å². The molecule has 4 nitrogen and oxygen atoms in total. The molecule has 0 unspecified atom stereocenters. The zero-order chi connectivity index (χ0) is 12.6. The summed E-state index contributed by atoms with van der Waals surface area (Å²) in [4.78, 5) is 16.2. The molecule has 1 amide bonds. The molecule has 1 aliphatic rings. The molecule has 2 heterocycles. The fraction of sp³-hybridized carbons (Fsp3) is 0.400. The van der Waals surface area contributed by atoms with Crippen LogP contribution in [-0.4, -0.2) is 26.9 Å². The Kier molecular flexibility index (Phi) is 2.68. The lowest BCUT2D eigenvalue weighted by Crippen LogP contribution is -2.37. The Morgan fingerprint density at radius 3 is 2.76 bits per heavy atom. The van der Waals surface area contributed by atoms with Gasteiger partial charge in [-0.3, -0.25) is 4.79 Å². The molecular formula is C10H10F3N3O. The van der Waals surface area contributed by atoms with Gasteiger partial charge in [0, 0.05) is 19.3 Å². The van der Waals surface area contributed by atoms with Crippen LogP contribution in [0.3, 0.4) is 0 Å². The van der Waals surface area contributed by atoms with E-state index in [-0.39, 0.29) is 18.3 Å². The van der Waals surface area contributed by atoms with Gasteiger partial charge in [0.2, 0.25) is 5.91 Å². The number of hydrogen-bond donors (Lipinski definition) is 0. The highest BCUT2D eigenvalue weighted by Crippen LogP contribution is 2.29. The van der Waals surface area contributed by atoms with Crippen molar-refractivity contribution in [3.63, 3.8) is 0 Å². The molecule has 0 bridgehead atoms. The monoisotopic (exact) mass is 245 g/mol. The third-order valence-corrected chi connectivity index (χ3v) is 2.58. The zero-order valence-corrected chi connectivity index (χ0v) is 8.87. The molecule has 0 N–H and O–H groups in total. The number of carbonyl (C=O) groups excluding carboxylic acids is 1. The van der Waals surface area contributed by atoms with E-state index in [1.807, 2.05) is 0 Å². The first-order valence-electron chi connectivity index (χ1n) is 4.96. The molecule has 0 spiro atoms. The average Bonchev–Trinajstić information content (AvgIpc) is 2.70. The van der Waals surface area contributed by atoms with Crippen molar-refractivity contribution in [1.82, 2.24) is 14.5 Å². The van der Waals surface area contributed by atoms with Gasteiger partial charge in [0.25, 0.3) is 0 Å². The highest BCUT2D eigenvalue weighted by molar-refractivity contribution is 5.86. The molecule has 0 aliphatic carbocycles. The van der Waals surface area contributed by atoms with Crippen molar-refractivity contribution in [3.8, 4) is 0 Å². The van der Waals surface area contributed by atoms with Crippen molar-refractivity contribution in [1.29, 1.82) is 0 Å². The van der Waals surface area contributed by atoms with Crippen molar-refractivity contribution in [2.75, 3.05) is 6.54 Å². The minimum absolute atomic E-state index is 0.0843. The van der Waals surface area contributed by atoms with Gasteiger partial charge in [-0.15, -0.1) is 0 Å². The van der Waals surface area contributed by atoms with Gasteiger partial charge in [-0.25, -0.2) is 4.98 Å². The van der Waals surface area contributed by atoms with E-state index in [2.05, 4.69) is 11.6 Å². The highest BCUT2D eigenvalue weighted by Gasteiger charge is 2.35. The van der Waals surface area contributed by atoms with Crippen LogP contribution >= 0.6 is 0 Å². The van der Waals surface area contributed by atoms with Gasteiger partial charge in [-0.05, 0) is 6.08 Å².